The van der Waals surface area contributed by atoms with Gasteiger partial charge in [0.2, 0.25) is 0 Å². The molecule has 0 bridgehead atoms. The predicted octanol–water partition coefficient (Wildman–Crippen LogP) is 1.71. The molecule has 0 amide bonds. The van der Waals surface area contributed by atoms with E-state index in [2.05, 4.69) is 16.6 Å². The maximum Gasteiger partial charge on any atom is 0.317 e. The van der Waals surface area contributed by atoms with Gasteiger partial charge in [-0.2, -0.15) is 0 Å². The third-order valence-electron chi connectivity index (χ3n) is 1.77. The molecule has 0 aliphatic heterocycles. The van der Waals surface area contributed by atoms with Crippen LogP contribution in [0.1, 0.15) is 18.9 Å². The fourth-order valence-corrected chi connectivity index (χ4v) is 1.04. The van der Waals surface area contributed by atoms with Crippen molar-refractivity contribution in [3.8, 4) is 11.8 Å². The van der Waals surface area contributed by atoms with Crippen LogP contribution in [-0.4, -0.2) is 12.6 Å². The highest BCUT2D eigenvalue weighted by molar-refractivity contribution is 5.72. The van der Waals surface area contributed by atoms with Gasteiger partial charge in [0.15, 0.2) is 0 Å². The summed E-state index contributed by atoms with van der Waals surface area (Å²) in [5.74, 6) is 4.36. The summed E-state index contributed by atoms with van der Waals surface area (Å²) in [4.78, 5) is 10.9. The van der Waals surface area contributed by atoms with Gasteiger partial charge in [-0.1, -0.05) is 11.8 Å². The highest BCUT2D eigenvalue weighted by Gasteiger charge is 1.98. The number of nitrogen functional groups attached to an aromatic ring is 1. The summed E-state index contributed by atoms with van der Waals surface area (Å²) in [6.45, 7) is 2.05. The van der Waals surface area contributed by atoms with Crippen LogP contribution in [-0.2, 0) is 9.53 Å². The van der Waals surface area contributed by atoms with Gasteiger partial charge in [0, 0.05) is 5.56 Å². The molecule has 0 aromatic heterocycles. The van der Waals surface area contributed by atoms with E-state index in [1.165, 1.54) is 12.1 Å². The zero-order valence-electron chi connectivity index (χ0n) is 8.92. The second-order valence-electron chi connectivity index (χ2n) is 3.02. The Kier molecular flexibility index (Phi) is 4.34. The highest BCUT2D eigenvalue weighted by atomic mass is 19.1. The zero-order chi connectivity index (χ0) is 12.0. The van der Waals surface area contributed by atoms with Crippen molar-refractivity contribution in [2.45, 2.75) is 13.3 Å². The van der Waals surface area contributed by atoms with E-state index in [-0.39, 0.29) is 18.1 Å². The van der Waals surface area contributed by atoms with E-state index in [0.29, 0.717) is 12.2 Å². The molecule has 0 aliphatic carbocycles. The van der Waals surface area contributed by atoms with Crippen molar-refractivity contribution in [1.29, 1.82) is 0 Å². The quantitative estimate of drug-likeness (QED) is 0.470. The second kappa shape index (κ2) is 5.76. The summed E-state index contributed by atoms with van der Waals surface area (Å²) in [7, 11) is 0. The summed E-state index contributed by atoms with van der Waals surface area (Å²) >= 11 is 0. The summed E-state index contributed by atoms with van der Waals surface area (Å²) in [5.41, 5.74) is 5.87. The average Bonchev–Trinajstić information content (AvgIpc) is 2.24. The van der Waals surface area contributed by atoms with Crippen molar-refractivity contribution >= 4 is 11.7 Å². The predicted molar refractivity (Wildman–Crippen MR) is 58.9 cm³/mol. The fourth-order valence-electron chi connectivity index (χ4n) is 1.04. The van der Waals surface area contributed by atoms with Crippen molar-refractivity contribution in [1.82, 2.24) is 0 Å². The number of esters is 1. The van der Waals surface area contributed by atoms with Gasteiger partial charge in [0.05, 0.1) is 12.3 Å². The van der Waals surface area contributed by atoms with Gasteiger partial charge >= 0.3 is 5.97 Å². The Labute approximate surface area is 93.4 Å². The first-order valence-corrected chi connectivity index (χ1v) is 4.83. The van der Waals surface area contributed by atoms with E-state index in [0.717, 1.165) is 0 Å². The molecule has 0 heterocycles. The van der Waals surface area contributed by atoms with E-state index >= 15 is 0 Å². The summed E-state index contributed by atoms with van der Waals surface area (Å²) in [5, 5.41) is 0. The fraction of sp³-hybridized carbons (Fsp3) is 0.250. The van der Waals surface area contributed by atoms with E-state index in [1.54, 1.807) is 13.0 Å². The monoisotopic (exact) mass is 221 g/mol. The highest BCUT2D eigenvalue weighted by Crippen LogP contribution is 2.10. The minimum atomic E-state index is -0.511. The molecule has 3 nitrogen and oxygen atoms in total. The molecule has 2 N–H and O–H groups in total. The van der Waals surface area contributed by atoms with Crippen LogP contribution in [0, 0.1) is 17.7 Å². The van der Waals surface area contributed by atoms with Crippen molar-refractivity contribution in [3.05, 3.63) is 29.6 Å². The Hall–Kier alpha value is -2.02. The summed E-state index contributed by atoms with van der Waals surface area (Å²) in [6, 6.07) is 4.26. The molecule has 0 radical (unpaired) electrons. The zero-order valence-corrected chi connectivity index (χ0v) is 8.92. The number of anilines is 1. The van der Waals surface area contributed by atoms with Crippen LogP contribution in [0.15, 0.2) is 18.2 Å². The third kappa shape index (κ3) is 3.62. The van der Waals surface area contributed by atoms with Crippen LogP contribution < -0.4 is 5.73 Å². The first kappa shape index (κ1) is 12.1. The van der Waals surface area contributed by atoms with E-state index in [9.17, 15) is 9.18 Å². The Morgan fingerprint density at radius 1 is 1.56 bits per heavy atom. The number of ether oxygens (including phenoxy) is 1. The van der Waals surface area contributed by atoms with Crippen molar-refractivity contribution in [2.24, 2.45) is 0 Å². The van der Waals surface area contributed by atoms with Crippen LogP contribution >= 0.6 is 0 Å². The molecule has 0 saturated carbocycles. The SMILES string of the molecule is CCOC(=O)CC#Cc1ccc(N)c(F)c1. The van der Waals surface area contributed by atoms with Crippen LogP contribution in [0.25, 0.3) is 0 Å². The van der Waals surface area contributed by atoms with Gasteiger partial charge < -0.3 is 10.5 Å². The van der Waals surface area contributed by atoms with Crippen LogP contribution in [0.3, 0.4) is 0 Å². The number of rotatable bonds is 2. The number of carbonyl (C=O) groups excluding carboxylic acids is 1. The lowest BCUT2D eigenvalue weighted by atomic mass is 10.2. The van der Waals surface area contributed by atoms with Crippen LogP contribution in [0.5, 0.6) is 0 Å². The molecule has 0 aliphatic rings. The molecule has 0 fully saturated rings. The maximum atomic E-state index is 13.0. The average molecular weight is 221 g/mol. The van der Waals surface area contributed by atoms with Gasteiger partial charge in [-0.05, 0) is 25.1 Å². The normalized spacial score (nSPS) is 9.12. The molecule has 0 atom stereocenters. The first-order chi connectivity index (χ1) is 7.63. The third-order valence-corrected chi connectivity index (χ3v) is 1.77. The molecule has 1 rings (SSSR count). The Morgan fingerprint density at radius 3 is 2.94 bits per heavy atom. The molecule has 1 aromatic carbocycles. The van der Waals surface area contributed by atoms with Gasteiger partial charge in [-0.15, -0.1) is 0 Å². The first-order valence-electron chi connectivity index (χ1n) is 4.83. The van der Waals surface area contributed by atoms with Gasteiger partial charge in [0.25, 0.3) is 0 Å². The molecule has 0 unspecified atom stereocenters. The lowest BCUT2D eigenvalue weighted by Gasteiger charge is -1.96. The minimum Gasteiger partial charge on any atom is -0.465 e. The van der Waals surface area contributed by atoms with Crippen molar-refractivity contribution < 1.29 is 13.9 Å². The maximum absolute atomic E-state index is 13.0. The second-order valence-corrected chi connectivity index (χ2v) is 3.02. The minimum absolute atomic E-state index is 0.000163. The molecule has 0 saturated heterocycles. The van der Waals surface area contributed by atoms with E-state index in [1.807, 2.05) is 0 Å². The number of nitrogens with two attached hydrogens (primary N) is 1. The molecular weight excluding hydrogens is 209 g/mol. The molecule has 1 aromatic rings. The molecule has 84 valence electrons. The largest absolute Gasteiger partial charge is 0.465 e. The van der Waals surface area contributed by atoms with E-state index in [4.69, 9.17) is 5.73 Å². The number of benzene rings is 1. The number of halogens is 1. The molecule has 4 heteroatoms. The molecule has 0 spiro atoms. The molecule has 16 heavy (non-hydrogen) atoms. The van der Waals surface area contributed by atoms with Gasteiger partial charge in [-0.3, -0.25) is 4.79 Å². The van der Waals surface area contributed by atoms with Gasteiger partial charge in [-0.25, -0.2) is 4.39 Å². The summed E-state index contributed by atoms with van der Waals surface area (Å²) in [6.07, 6.45) is -0.000163. The number of hydrogen-bond acceptors (Lipinski definition) is 3. The lowest BCUT2D eigenvalue weighted by molar-refractivity contribution is -0.141. The number of hydrogen-bond donors (Lipinski definition) is 1. The van der Waals surface area contributed by atoms with Crippen LogP contribution in [0.2, 0.25) is 0 Å². The summed E-state index contributed by atoms with van der Waals surface area (Å²) < 4.78 is 17.7. The van der Waals surface area contributed by atoms with E-state index < -0.39 is 5.82 Å². The lowest BCUT2D eigenvalue weighted by Crippen LogP contribution is -2.01. The van der Waals surface area contributed by atoms with Crippen molar-refractivity contribution in [2.75, 3.05) is 12.3 Å². The Balaban J connectivity index is 2.63. The standard InChI is InChI=1S/C12H12FNO2/c1-2-16-12(15)5-3-4-9-6-7-11(14)10(13)8-9/h6-8H,2,5,14H2,1H3. The molecular formula is C12H12FNO2. The Morgan fingerprint density at radius 2 is 2.31 bits per heavy atom. The van der Waals surface area contributed by atoms with Crippen molar-refractivity contribution in [3.63, 3.8) is 0 Å². The van der Waals surface area contributed by atoms with Gasteiger partial charge in [0.1, 0.15) is 12.2 Å². The number of carbonyl (C=O) groups is 1. The Bertz CT molecular complexity index is 446. The smallest absolute Gasteiger partial charge is 0.317 e. The topological polar surface area (TPSA) is 52.3 Å². The van der Waals surface area contributed by atoms with Crippen LogP contribution in [0.4, 0.5) is 10.1 Å².